The number of esters is 1. The first kappa shape index (κ1) is 12.2. The van der Waals surface area contributed by atoms with Crippen molar-refractivity contribution in [3.63, 3.8) is 0 Å². The maximum Gasteiger partial charge on any atom is 0.396 e. The summed E-state index contributed by atoms with van der Waals surface area (Å²) in [6.07, 6.45) is 0. The summed E-state index contributed by atoms with van der Waals surface area (Å²) in [5.74, 6) is -2.06. The number of rotatable bonds is 3. The first-order chi connectivity index (χ1) is 7.63. The van der Waals surface area contributed by atoms with E-state index < -0.39 is 11.9 Å². The van der Waals surface area contributed by atoms with Crippen molar-refractivity contribution in [3.05, 3.63) is 35.6 Å². The Morgan fingerprint density at radius 3 is 2.50 bits per heavy atom. The number of halogens is 1. The van der Waals surface area contributed by atoms with Crippen molar-refractivity contribution < 1.29 is 18.7 Å². The fourth-order valence-electron chi connectivity index (χ4n) is 1.05. The first-order valence-corrected chi connectivity index (χ1v) is 4.83. The first-order valence-electron chi connectivity index (χ1n) is 4.83. The molecule has 0 radical (unpaired) electrons. The maximum absolute atomic E-state index is 12.6. The normalized spacial score (nSPS) is 9.62. The highest BCUT2D eigenvalue weighted by molar-refractivity contribution is 6.32. The van der Waals surface area contributed by atoms with E-state index in [1.165, 1.54) is 24.3 Å². The predicted octanol–water partition coefficient (Wildman–Crippen LogP) is 1.00. The third-order valence-corrected chi connectivity index (χ3v) is 1.83. The quantitative estimate of drug-likeness (QED) is 0.617. The Bertz CT molecular complexity index is 375. The Labute approximate surface area is 92.4 Å². The number of ether oxygens (including phenoxy) is 1. The van der Waals surface area contributed by atoms with Crippen LogP contribution < -0.4 is 5.32 Å². The summed E-state index contributed by atoms with van der Waals surface area (Å²) >= 11 is 0. The van der Waals surface area contributed by atoms with Gasteiger partial charge in [-0.1, -0.05) is 12.1 Å². The number of carbonyl (C=O) groups is 2. The molecule has 0 saturated heterocycles. The van der Waals surface area contributed by atoms with Gasteiger partial charge in [0.15, 0.2) is 0 Å². The van der Waals surface area contributed by atoms with Gasteiger partial charge < -0.3 is 10.1 Å². The minimum atomic E-state index is -0.912. The van der Waals surface area contributed by atoms with Crippen molar-refractivity contribution in [1.82, 2.24) is 5.32 Å². The lowest BCUT2D eigenvalue weighted by atomic mass is 10.2. The van der Waals surface area contributed by atoms with Gasteiger partial charge in [-0.25, -0.2) is 9.18 Å². The van der Waals surface area contributed by atoms with Crippen molar-refractivity contribution in [2.45, 2.75) is 13.5 Å². The average Bonchev–Trinajstić information content (AvgIpc) is 2.28. The van der Waals surface area contributed by atoms with Gasteiger partial charge in [0.25, 0.3) is 0 Å². The highest BCUT2D eigenvalue weighted by atomic mass is 19.1. The van der Waals surface area contributed by atoms with E-state index in [4.69, 9.17) is 0 Å². The summed E-state index contributed by atoms with van der Waals surface area (Å²) in [4.78, 5) is 22.0. The van der Waals surface area contributed by atoms with Gasteiger partial charge in [-0.05, 0) is 24.6 Å². The number of amides is 1. The zero-order chi connectivity index (χ0) is 12.0. The molecule has 4 nitrogen and oxygen atoms in total. The zero-order valence-electron chi connectivity index (χ0n) is 8.83. The summed E-state index contributed by atoms with van der Waals surface area (Å²) in [5.41, 5.74) is 0.707. The Morgan fingerprint density at radius 2 is 1.94 bits per heavy atom. The summed E-state index contributed by atoms with van der Waals surface area (Å²) < 4.78 is 17.1. The SMILES string of the molecule is CCOC(=O)C(=O)NCc1ccc(F)cc1. The molecule has 0 aromatic heterocycles. The summed E-state index contributed by atoms with van der Waals surface area (Å²) in [7, 11) is 0. The van der Waals surface area contributed by atoms with Gasteiger partial charge in [0, 0.05) is 6.54 Å². The molecule has 0 fully saturated rings. The molecular weight excluding hydrogens is 213 g/mol. The number of carbonyl (C=O) groups excluding carboxylic acids is 2. The van der Waals surface area contributed by atoms with Crippen LogP contribution in [0.3, 0.4) is 0 Å². The predicted molar refractivity (Wildman–Crippen MR) is 54.9 cm³/mol. The zero-order valence-corrected chi connectivity index (χ0v) is 8.83. The van der Waals surface area contributed by atoms with Crippen LogP contribution in [0.1, 0.15) is 12.5 Å². The Hall–Kier alpha value is -1.91. The van der Waals surface area contributed by atoms with Crippen molar-refractivity contribution in [1.29, 1.82) is 0 Å². The minimum Gasteiger partial charge on any atom is -0.459 e. The van der Waals surface area contributed by atoms with Crippen molar-refractivity contribution in [2.75, 3.05) is 6.61 Å². The van der Waals surface area contributed by atoms with Crippen LogP contribution in [-0.4, -0.2) is 18.5 Å². The van der Waals surface area contributed by atoms with E-state index in [2.05, 4.69) is 10.1 Å². The van der Waals surface area contributed by atoms with E-state index in [0.717, 1.165) is 0 Å². The number of nitrogens with one attached hydrogen (secondary N) is 1. The average molecular weight is 225 g/mol. The van der Waals surface area contributed by atoms with E-state index in [1.807, 2.05) is 0 Å². The van der Waals surface area contributed by atoms with Gasteiger partial charge >= 0.3 is 11.9 Å². The van der Waals surface area contributed by atoms with Crippen LogP contribution in [0.4, 0.5) is 4.39 Å². The van der Waals surface area contributed by atoms with Crippen LogP contribution in [0.2, 0.25) is 0 Å². The third kappa shape index (κ3) is 3.68. The van der Waals surface area contributed by atoms with Gasteiger partial charge in [-0.15, -0.1) is 0 Å². The van der Waals surface area contributed by atoms with Crippen LogP contribution in [0.25, 0.3) is 0 Å². The van der Waals surface area contributed by atoms with Crippen molar-refractivity contribution in [3.8, 4) is 0 Å². The van der Waals surface area contributed by atoms with E-state index in [0.29, 0.717) is 5.56 Å². The van der Waals surface area contributed by atoms with Gasteiger partial charge in [-0.3, -0.25) is 4.79 Å². The van der Waals surface area contributed by atoms with Crippen LogP contribution in [0.15, 0.2) is 24.3 Å². The van der Waals surface area contributed by atoms with Crippen molar-refractivity contribution >= 4 is 11.9 Å². The van der Waals surface area contributed by atoms with Crippen LogP contribution in [-0.2, 0) is 20.9 Å². The molecule has 1 amide bonds. The molecule has 5 heteroatoms. The van der Waals surface area contributed by atoms with Gasteiger partial charge in [0.2, 0.25) is 0 Å². The standard InChI is InChI=1S/C11H12FNO3/c1-2-16-11(15)10(14)13-7-8-3-5-9(12)6-4-8/h3-6H,2,7H2,1H3,(H,13,14). The maximum atomic E-state index is 12.6. The van der Waals surface area contributed by atoms with Gasteiger partial charge in [0.1, 0.15) is 5.82 Å². The van der Waals surface area contributed by atoms with Crippen LogP contribution >= 0.6 is 0 Å². The topological polar surface area (TPSA) is 55.4 Å². The molecule has 1 rings (SSSR count). The second-order valence-corrected chi connectivity index (χ2v) is 3.03. The van der Waals surface area contributed by atoms with E-state index >= 15 is 0 Å². The second-order valence-electron chi connectivity index (χ2n) is 3.03. The minimum absolute atomic E-state index is 0.156. The number of hydrogen-bond donors (Lipinski definition) is 1. The third-order valence-electron chi connectivity index (χ3n) is 1.83. The van der Waals surface area contributed by atoms with Crippen LogP contribution in [0, 0.1) is 5.82 Å². The molecule has 0 aliphatic rings. The second kappa shape index (κ2) is 5.85. The molecule has 0 heterocycles. The fourth-order valence-corrected chi connectivity index (χ4v) is 1.05. The van der Waals surface area contributed by atoms with Gasteiger partial charge in [-0.2, -0.15) is 0 Å². The molecule has 1 N–H and O–H groups in total. The molecule has 16 heavy (non-hydrogen) atoms. The molecule has 0 bridgehead atoms. The number of benzene rings is 1. The highest BCUT2D eigenvalue weighted by Crippen LogP contribution is 2.01. The van der Waals surface area contributed by atoms with Gasteiger partial charge in [0.05, 0.1) is 6.61 Å². The van der Waals surface area contributed by atoms with Crippen molar-refractivity contribution in [2.24, 2.45) is 0 Å². The number of hydrogen-bond acceptors (Lipinski definition) is 3. The molecule has 0 atom stereocenters. The van der Waals surface area contributed by atoms with E-state index in [1.54, 1.807) is 6.92 Å². The molecule has 0 aliphatic heterocycles. The van der Waals surface area contributed by atoms with E-state index in [9.17, 15) is 14.0 Å². The lowest BCUT2D eigenvalue weighted by molar-refractivity contribution is -0.154. The molecule has 0 unspecified atom stereocenters. The summed E-state index contributed by atoms with van der Waals surface area (Å²) in [6, 6.07) is 5.62. The molecule has 1 aromatic carbocycles. The largest absolute Gasteiger partial charge is 0.459 e. The molecular formula is C11H12FNO3. The molecule has 86 valence electrons. The molecule has 0 spiro atoms. The Morgan fingerprint density at radius 1 is 1.31 bits per heavy atom. The Balaban J connectivity index is 2.42. The molecule has 0 aliphatic carbocycles. The highest BCUT2D eigenvalue weighted by Gasteiger charge is 2.13. The lowest BCUT2D eigenvalue weighted by Crippen LogP contribution is -2.32. The summed E-state index contributed by atoms with van der Waals surface area (Å²) in [6.45, 7) is 1.94. The smallest absolute Gasteiger partial charge is 0.396 e. The van der Waals surface area contributed by atoms with Crippen LogP contribution in [0.5, 0.6) is 0 Å². The lowest BCUT2D eigenvalue weighted by Gasteiger charge is -2.04. The van der Waals surface area contributed by atoms with E-state index in [-0.39, 0.29) is 19.0 Å². The molecule has 0 saturated carbocycles. The molecule has 1 aromatic rings. The monoisotopic (exact) mass is 225 g/mol. The fraction of sp³-hybridized carbons (Fsp3) is 0.273. The Kier molecular flexibility index (Phi) is 4.44. The summed E-state index contributed by atoms with van der Waals surface area (Å²) in [5, 5.41) is 2.37.